The number of imidazole rings is 1. The maximum atomic E-state index is 13.5. The van der Waals surface area contributed by atoms with Gasteiger partial charge in [-0.1, -0.05) is 6.07 Å². The molecule has 1 aliphatic heterocycles. The molecule has 2 aromatic heterocycles. The molecule has 4 rings (SSSR count). The van der Waals surface area contributed by atoms with Gasteiger partial charge in [0.2, 0.25) is 5.91 Å². The first-order valence-electron chi connectivity index (χ1n) is 8.55. The maximum Gasteiger partial charge on any atom is 0.330 e. The monoisotopic (exact) mass is 354 g/mol. The average molecular weight is 354 g/mol. The van der Waals surface area contributed by atoms with Gasteiger partial charge < -0.3 is 4.90 Å². The lowest BCUT2D eigenvalue weighted by molar-refractivity contribution is -0.135. The molecule has 0 bridgehead atoms. The van der Waals surface area contributed by atoms with Crippen molar-refractivity contribution in [1.82, 2.24) is 19.0 Å². The molecule has 26 heavy (non-hydrogen) atoms. The number of aryl methyl sites for hydroxylation is 2. The van der Waals surface area contributed by atoms with Crippen LogP contribution in [-0.2, 0) is 18.4 Å². The lowest BCUT2D eigenvalue weighted by atomic mass is 10.0. The third kappa shape index (κ3) is 2.60. The van der Waals surface area contributed by atoms with Crippen molar-refractivity contribution in [2.75, 3.05) is 13.1 Å². The number of fused-ring (bicyclic) bond motifs is 1. The van der Waals surface area contributed by atoms with E-state index in [9.17, 15) is 14.0 Å². The van der Waals surface area contributed by atoms with Crippen LogP contribution in [0.3, 0.4) is 0 Å². The van der Waals surface area contributed by atoms with Crippen molar-refractivity contribution in [2.24, 2.45) is 7.05 Å². The van der Waals surface area contributed by atoms with E-state index in [2.05, 4.69) is 4.98 Å². The minimum atomic E-state index is -0.270. The Labute approximate surface area is 149 Å². The molecule has 0 atom stereocenters. The molecule has 1 amide bonds. The normalized spacial score (nSPS) is 13.9. The Bertz CT molecular complexity index is 1080. The number of hydrogen-bond acceptors (Lipinski definition) is 3. The number of benzene rings is 1. The molecule has 1 aromatic carbocycles. The first-order valence-corrected chi connectivity index (χ1v) is 8.55. The molecule has 7 heteroatoms. The van der Waals surface area contributed by atoms with Crippen molar-refractivity contribution in [3.8, 4) is 11.1 Å². The molecule has 0 aliphatic carbocycles. The molecule has 6 nitrogen and oxygen atoms in total. The number of halogens is 1. The second-order valence-electron chi connectivity index (χ2n) is 6.69. The molecule has 1 aliphatic rings. The Balaban J connectivity index is 1.81. The largest absolute Gasteiger partial charge is 0.341 e. The van der Waals surface area contributed by atoms with Crippen molar-refractivity contribution in [2.45, 2.75) is 19.9 Å². The highest BCUT2D eigenvalue weighted by Gasteiger charge is 2.23. The highest BCUT2D eigenvalue weighted by atomic mass is 19.1. The van der Waals surface area contributed by atoms with E-state index in [4.69, 9.17) is 0 Å². The second kappa shape index (κ2) is 6.09. The predicted octanol–water partition coefficient (Wildman–Crippen LogP) is 2.08. The summed E-state index contributed by atoms with van der Waals surface area (Å²) >= 11 is 0. The van der Waals surface area contributed by atoms with Gasteiger partial charge in [0, 0.05) is 31.9 Å². The van der Waals surface area contributed by atoms with Crippen LogP contribution in [0, 0.1) is 12.7 Å². The molecule has 1 fully saturated rings. The number of rotatable bonds is 3. The fourth-order valence-electron chi connectivity index (χ4n) is 3.21. The molecule has 0 unspecified atom stereocenters. The molecule has 0 N–H and O–H groups in total. The zero-order chi connectivity index (χ0) is 18.4. The van der Waals surface area contributed by atoms with Gasteiger partial charge in [-0.15, -0.1) is 0 Å². The van der Waals surface area contributed by atoms with Gasteiger partial charge in [0.15, 0.2) is 5.65 Å². The smallest absolute Gasteiger partial charge is 0.330 e. The van der Waals surface area contributed by atoms with Crippen LogP contribution >= 0.6 is 0 Å². The van der Waals surface area contributed by atoms with Crippen LogP contribution in [-0.4, -0.2) is 38.0 Å². The van der Waals surface area contributed by atoms with Crippen LogP contribution in [0.25, 0.3) is 22.3 Å². The molecular formula is C19H19FN4O2. The average Bonchev–Trinajstić information content (AvgIpc) is 2.80. The summed E-state index contributed by atoms with van der Waals surface area (Å²) in [5.41, 5.74) is 2.99. The third-order valence-corrected chi connectivity index (χ3v) is 4.97. The Morgan fingerprint density at radius 3 is 2.65 bits per heavy atom. The van der Waals surface area contributed by atoms with Gasteiger partial charge in [-0.25, -0.2) is 14.2 Å². The van der Waals surface area contributed by atoms with Crippen LogP contribution < -0.4 is 5.69 Å². The van der Waals surface area contributed by atoms with Crippen molar-refractivity contribution in [3.05, 3.63) is 52.3 Å². The summed E-state index contributed by atoms with van der Waals surface area (Å²) in [6.07, 6.45) is 2.67. The van der Waals surface area contributed by atoms with E-state index in [1.807, 2.05) is 6.07 Å². The standard InChI is InChI=1S/C19H19FN4O2/c1-12-8-13(4-5-15(12)20)14-9-16-18(21-10-14)22(2)19(26)24(16)11-17(25)23-6-3-7-23/h4-5,8-10H,3,6-7,11H2,1-2H3. The highest BCUT2D eigenvalue weighted by molar-refractivity contribution is 5.82. The quantitative estimate of drug-likeness (QED) is 0.724. The second-order valence-corrected chi connectivity index (χ2v) is 6.69. The summed E-state index contributed by atoms with van der Waals surface area (Å²) in [6.45, 7) is 3.20. The first kappa shape index (κ1) is 16.5. The fourth-order valence-corrected chi connectivity index (χ4v) is 3.21. The number of likely N-dealkylation sites (tertiary alicyclic amines) is 1. The summed E-state index contributed by atoms with van der Waals surface area (Å²) < 4.78 is 16.4. The number of hydrogen-bond donors (Lipinski definition) is 0. The van der Waals surface area contributed by atoms with E-state index in [-0.39, 0.29) is 24.0 Å². The predicted molar refractivity (Wildman–Crippen MR) is 96.3 cm³/mol. The van der Waals surface area contributed by atoms with Crippen molar-refractivity contribution >= 4 is 17.1 Å². The Morgan fingerprint density at radius 1 is 1.23 bits per heavy atom. The SMILES string of the molecule is Cc1cc(-c2cnc3c(c2)n(CC(=O)N2CCC2)c(=O)n3C)ccc1F. The van der Waals surface area contributed by atoms with Crippen LogP contribution in [0.4, 0.5) is 4.39 Å². The molecule has 0 radical (unpaired) electrons. The lowest BCUT2D eigenvalue weighted by Crippen LogP contribution is -2.44. The number of carbonyl (C=O) groups is 1. The van der Waals surface area contributed by atoms with E-state index in [0.29, 0.717) is 16.7 Å². The van der Waals surface area contributed by atoms with Gasteiger partial charge in [-0.2, -0.15) is 0 Å². The van der Waals surface area contributed by atoms with E-state index in [0.717, 1.165) is 30.6 Å². The molecule has 0 spiro atoms. The molecule has 134 valence electrons. The van der Waals surface area contributed by atoms with Crippen LogP contribution in [0.5, 0.6) is 0 Å². The summed E-state index contributed by atoms with van der Waals surface area (Å²) in [5, 5.41) is 0. The van der Waals surface area contributed by atoms with Gasteiger partial charge in [-0.05, 0) is 42.7 Å². The van der Waals surface area contributed by atoms with E-state index < -0.39 is 0 Å². The zero-order valence-electron chi connectivity index (χ0n) is 14.7. The number of pyridine rings is 1. The van der Waals surface area contributed by atoms with E-state index in [1.165, 1.54) is 15.2 Å². The summed E-state index contributed by atoms with van der Waals surface area (Å²) in [7, 11) is 1.64. The minimum Gasteiger partial charge on any atom is -0.341 e. The molecule has 0 saturated carbocycles. The summed E-state index contributed by atoms with van der Waals surface area (Å²) in [4.78, 5) is 31.0. The molecule has 3 heterocycles. The Morgan fingerprint density at radius 2 is 2.00 bits per heavy atom. The van der Waals surface area contributed by atoms with Crippen LogP contribution in [0.15, 0.2) is 35.3 Å². The lowest BCUT2D eigenvalue weighted by Gasteiger charge is -2.30. The van der Waals surface area contributed by atoms with Crippen molar-refractivity contribution < 1.29 is 9.18 Å². The van der Waals surface area contributed by atoms with E-state index in [1.54, 1.807) is 37.2 Å². The number of carbonyl (C=O) groups excluding carboxylic acids is 1. The first-order chi connectivity index (χ1) is 12.5. The van der Waals surface area contributed by atoms with Gasteiger partial charge in [0.25, 0.3) is 0 Å². The summed E-state index contributed by atoms with van der Waals surface area (Å²) in [5.74, 6) is -0.326. The van der Waals surface area contributed by atoms with Crippen molar-refractivity contribution in [3.63, 3.8) is 0 Å². The van der Waals surface area contributed by atoms with Gasteiger partial charge >= 0.3 is 5.69 Å². The van der Waals surface area contributed by atoms with E-state index >= 15 is 0 Å². The minimum absolute atomic E-state index is 0.00372. The summed E-state index contributed by atoms with van der Waals surface area (Å²) in [6, 6.07) is 6.68. The molecule has 1 saturated heterocycles. The number of nitrogens with zero attached hydrogens (tertiary/aromatic N) is 4. The van der Waals surface area contributed by atoms with Crippen LogP contribution in [0.1, 0.15) is 12.0 Å². The molecular weight excluding hydrogens is 335 g/mol. The fraction of sp³-hybridized carbons (Fsp3) is 0.316. The topological polar surface area (TPSA) is 60.1 Å². The number of aromatic nitrogens is 3. The van der Waals surface area contributed by atoms with Gasteiger partial charge in [0.1, 0.15) is 12.4 Å². The van der Waals surface area contributed by atoms with Gasteiger partial charge in [-0.3, -0.25) is 13.9 Å². The zero-order valence-corrected chi connectivity index (χ0v) is 14.7. The Hall–Kier alpha value is -2.96. The van der Waals surface area contributed by atoms with Crippen LogP contribution in [0.2, 0.25) is 0 Å². The third-order valence-electron chi connectivity index (χ3n) is 4.97. The Kier molecular flexibility index (Phi) is 3.86. The maximum absolute atomic E-state index is 13.5. The molecule has 3 aromatic rings. The van der Waals surface area contributed by atoms with Gasteiger partial charge in [0.05, 0.1) is 5.52 Å². The van der Waals surface area contributed by atoms with Crippen molar-refractivity contribution in [1.29, 1.82) is 0 Å². The highest BCUT2D eigenvalue weighted by Crippen LogP contribution is 2.24. The number of amides is 1.